The Kier molecular flexibility index (Phi) is 5.29. The number of nitrogens with one attached hydrogen (secondary N) is 2. The van der Waals surface area contributed by atoms with Crippen LogP contribution in [-0.4, -0.2) is 59.1 Å². The van der Waals surface area contributed by atoms with Crippen molar-refractivity contribution in [2.75, 3.05) is 18.4 Å². The van der Waals surface area contributed by atoms with Gasteiger partial charge in [-0.15, -0.1) is 11.8 Å². The van der Waals surface area contributed by atoms with Gasteiger partial charge in [-0.25, -0.2) is 4.98 Å². The van der Waals surface area contributed by atoms with Crippen LogP contribution >= 0.6 is 11.8 Å². The Morgan fingerprint density at radius 3 is 3.14 bits per heavy atom. The highest BCUT2D eigenvalue weighted by atomic mass is 32.2. The number of aryl methyl sites for hydroxylation is 1. The number of nitrogens with zero attached hydrogens (tertiary/aromatic N) is 6. The molecule has 1 aliphatic heterocycles. The number of aromatic nitrogens is 6. The number of aromatic amines is 1. The topological polar surface area (TPSA) is 105 Å². The Bertz CT molecular complexity index is 997. The van der Waals surface area contributed by atoms with Gasteiger partial charge in [0.1, 0.15) is 5.03 Å². The van der Waals surface area contributed by atoms with E-state index in [9.17, 15) is 4.79 Å². The van der Waals surface area contributed by atoms with Gasteiger partial charge in [0, 0.05) is 31.1 Å². The number of likely N-dealkylation sites (tertiary alicyclic amines) is 1. The molecular formula is C18H22N8OS. The van der Waals surface area contributed by atoms with Gasteiger partial charge in [0.05, 0.1) is 23.5 Å². The third-order valence-electron chi connectivity index (χ3n) is 4.63. The molecule has 0 saturated carbocycles. The molecule has 1 amide bonds. The zero-order valence-corrected chi connectivity index (χ0v) is 16.4. The predicted octanol–water partition coefficient (Wildman–Crippen LogP) is 2.58. The number of thioether (sulfide) groups is 1. The molecule has 4 rings (SSSR count). The van der Waals surface area contributed by atoms with Crippen LogP contribution in [0, 0.1) is 0 Å². The second kappa shape index (κ2) is 8.01. The van der Waals surface area contributed by atoms with Crippen molar-refractivity contribution in [1.29, 1.82) is 0 Å². The van der Waals surface area contributed by atoms with Crippen molar-refractivity contribution < 1.29 is 4.79 Å². The summed E-state index contributed by atoms with van der Waals surface area (Å²) in [6, 6.07) is 0. The molecule has 0 spiro atoms. The van der Waals surface area contributed by atoms with Crippen LogP contribution in [0.4, 0.5) is 11.6 Å². The van der Waals surface area contributed by atoms with Crippen molar-refractivity contribution in [3.05, 3.63) is 31.2 Å². The summed E-state index contributed by atoms with van der Waals surface area (Å²) in [5.41, 5.74) is 1.51. The van der Waals surface area contributed by atoms with Crippen molar-refractivity contribution in [3.8, 4) is 0 Å². The Morgan fingerprint density at radius 2 is 2.36 bits per heavy atom. The highest BCUT2D eigenvalue weighted by molar-refractivity contribution is 8.00. The number of anilines is 2. The summed E-state index contributed by atoms with van der Waals surface area (Å²) in [6.07, 6.45) is 8.78. The molecule has 1 atom stereocenters. The smallest absolute Gasteiger partial charge is 0.245 e. The summed E-state index contributed by atoms with van der Waals surface area (Å²) in [7, 11) is 0. The second-order valence-corrected chi connectivity index (χ2v) is 7.85. The fourth-order valence-corrected chi connectivity index (χ4v) is 4.48. The molecule has 1 aliphatic rings. The number of amides is 1. The first-order valence-corrected chi connectivity index (χ1v) is 10.1. The summed E-state index contributed by atoms with van der Waals surface area (Å²) in [4.78, 5) is 23.0. The summed E-state index contributed by atoms with van der Waals surface area (Å²) < 4.78 is 1.83. The van der Waals surface area contributed by atoms with E-state index >= 15 is 0 Å². The summed E-state index contributed by atoms with van der Waals surface area (Å²) >= 11 is 1.66. The fraction of sp³-hybridized carbons (Fsp3) is 0.389. The fourth-order valence-electron chi connectivity index (χ4n) is 3.21. The van der Waals surface area contributed by atoms with Crippen molar-refractivity contribution in [1.82, 2.24) is 34.8 Å². The van der Waals surface area contributed by atoms with Gasteiger partial charge in [-0.3, -0.25) is 14.6 Å². The van der Waals surface area contributed by atoms with Crippen LogP contribution in [0.1, 0.15) is 19.8 Å². The van der Waals surface area contributed by atoms with Gasteiger partial charge in [-0.05, 0) is 25.8 Å². The molecule has 1 fully saturated rings. The Hall–Kier alpha value is -2.88. The van der Waals surface area contributed by atoms with Crippen molar-refractivity contribution in [2.24, 2.45) is 0 Å². The molecule has 2 N–H and O–H groups in total. The number of fused-ring (bicyclic) bond motifs is 1. The molecule has 9 nitrogen and oxygen atoms in total. The normalized spacial score (nSPS) is 17.0. The lowest BCUT2D eigenvalue weighted by molar-refractivity contribution is -0.126. The number of carbonyl (C=O) groups is 1. The number of piperidine rings is 1. The van der Waals surface area contributed by atoms with Crippen LogP contribution < -0.4 is 5.32 Å². The lowest BCUT2D eigenvalue weighted by Gasteiger charge is -2.31. The van der Waals surface area contributed by atoms with Gasteiger partial charge in [-0.2, -0.15) is 15.2 Å². The van der Waals surface area contributed by atoms with Crippen LogP contribution in [-0.2, 0) is 11.3 Å². The number of carbonyl (C=O) groups excluding carboxylic acids is 1. The maximum absolute atomic E-state index is 12.0. The van der Waals surface area contributed by atoms with E-state index in [-0.39, 0.29) is 11.2 Å². The van der Waals surface area contributed by atoms with Crippen LogP contribution in [0.25, 0.3) is 11.0 Å². The number of H-pyrrole nitrogens is 1. The quantitative estimate of drug-likeness (QED) is 0.486. The summed E-state index contributed by atoms with van der Waals surface area (Å²) in [5.74, 6) is 0.474. The molecule has 1 unspecified atom stereocenters. The Labute approximate surface area is 166 Å². The average molecular weight is 398 g/mol. The largest absolute Gasteiger partial charge is 0.338 e. The molecule has 10 heteroatoms. The highest BCUT2D eigenvalue weighted by Crippen LogP contribution is 2.33. The Balaban J connectivity index is 1.56. The standard InChI is InChI=1S/C18H22N8OS/c1-3-15(27)25-7-5-6-13(11-25)28-17-14-9-19-24-16(14)22-18(23-17)21-12-8-20-26(4-2)10-12/h3,8-10,13H,1,4-7,11H2,2H3,(H2,19,21,22,23,24). The van der Waals surface area contributed by atoms with E-state index in [1.165, 1.54) is 6.08 Å². The maximum Gasteiger partial charge on any atom is 0.245 e. The van der Waals surface area contributed by atoms with E-state index in [1.807, 2.05) is 22.7 Å². The first-order valence-electron chi connectivity index (χ1n) is 9.25. The molecule has 3 aromatic rings. The molecule has 146 valence electrons. The summed E-state index contributed by atoms with van der Waals surface area (Å²) in [6.45, 7) is 7.88. The molecule has 28 heavy (non-hydrogen) atoms. The maximum atomic E-state index is 12.0. The number of rotatable bonds is 6. The van der Waals surface area contributed by atoms with Gasteiger partial charge in [0.15, 0.2) is 5.65 Å². The van der Waals surface area contributed by atoms with Crippen LogP contribution in [0.3, 0.4) is 0 Å². The zero-order valence-electron chi connectivity index (χ0n) is 15.6. The SMILES string of the molecule is C=CC(=O)N1CCCC(Sc2nc(Nc3cnn(CC)c3)nc3[nH]ncc23)C1. The molecule has 0 aromatic carbocycles. The third kappa shape index (κ3) is 3.86. The molecular weight excluding hydrogens is 376 g/mol. The van der Waals surface area contributed by atoms with E-state index in [0.717, 1.165) is 42.0 Å². The number of hydrogen-bond donors (Lipinski definition) is 2. The van der Waals surface area contributed by atoms with Crippen LogP contribution in [0.5, 0.6) is 0 Å². The van der Waals surface area contributed by atoms with Crippen molar-refractivity contribution in [2.45, 2.75) is 36.6 Å². The third-order valence-corrected chi connectivity index (χ3v) is 5.88. The Morgan fingerprint density at radius 1 is 1.46 bits per heavy atom. The van der Waals surface area contributed by atoms with Gasteiger partial charge in [-0.1, -0.05) is 6.58 Å². The van der Waals surface area contributed by atoms with Crippen molar-refractivity contribution in [3.63, 3.8) is 0 Å². The van der Waals surface area contributed by atoms with Gasteiger partial charge >= 0.3 is 0 Å². The minimum Gasteiger partial charge on any atom is -0.338 e. The molecule has 0 aliphatic carbocycles. The molecule has 0 bridgehead atoms. The van der Waals surface area contributed by atoms with Gasteiger partial charge in [0.25, 0.3) is 0 Å². The summed E-state index contributed by atoms with van der Waals surface area (Å²) in [5, 5.41) is 16.5. The van der Waals surface area contributed by atoms with E-state index in [2.05, 4.69) is 32.2 Å². The van der Waals surface area contributed by atoms with E-state index in [1.54, 1.807) is 24.2 Å². The van der Waals surface area contributed by atoms with Crippen LogP contribution in [0.15, 0.2) is 36.3 Å². The number of hydrogen-bond acceptors (Lipinski definition) is 7. The molecule has 1 saturated heterocycles. The molecule has 0 radical (unpaired) electrons. The monoisotopic (exact) mass is 398 g/mol. The van der Waals surface area contributed by atoms with Crippen molar-refractivity contribution >= 4 is 40.3 Å². The molecule has 4 heterocycles. The first kappa shape index (κ1) is 18.5. The van der Waals surface area contributed by atoms with E-state index in [0.29, 0.717) is 18.1 Å². The van der Waals surface area contributed by atoms with E-state index in [4.69, 9.17) is 4.98 Å². The zero-order chi connectivity index (χ0) is 19.5. The van der Waals surface area contributed by atoms with E-state index < -0.39 is 0 Å². The van der Waals surface area contributed by atoms with Gasteiger partial charge in [0.2, 0.25) is 11.9 Å². The average Bonchev–Trinajstić information content (AvgIpc) is 3.37. The highest BCUT2D eigenvalue weighted by Gasteiger charge is 2.24. The van der Waals surface area contributed by atoms with Crippen LogP contribution in [0.2, 0.25) is 0 Å². The molecule has 3 aromatic heterocycles. The second-order valence-electron chi connectivity index (χ2n) is 6.56. The lowest BCUT2D eigenvalue weighted by atomic mass is 10.1. The lowest BCUT2D eigenvalue weighted by Crippen LogP contribution is -2.40. The predicted molar refractivity (Wildman–Crippen MR) is 109 cm³/mol. The minimum atomic E-state index is -0.0169. The van der Waals surface area contributed by atoms with Gasteiger partial charge < -0.3 is 10.2 Å². The minimum absolute atomic E-state index is 0.0169. The first-order chi connectivity index (χ1) is 13.7.